The highest BCUT2D eigenvalue weighted by atomic mass is 32.2. The lowest BCUT2D eigenvalue weighted by Gasteiger charge is -2.45. The summed E-state index contributed by atoms with van der Waals surface area (Å²) in [6, 6.07) is 3.45. The van der Waals surface area contributed by atoms with Gasteiger partial charge in [-0.2, -0.15) is 14.3 Å². The second kappa shape index (κ2) is 12.0. The minimum absolute atomic E-state index is 0.157. The molecule has 2 aliphatic heterocycles. The number of nitrogens with one attached hydrogen (secondary N) is 1. The molecule has 3 aromatic heterocycles. The Morgan fingerprint density at radius 1 is 1.11 bits per heavy atom. The molecule has 1 atom stereocenters. The summed E-state index contributed by atoms with van der Waals surface area (Å²) in [6.07, 6.45) is 12.3. The van der Waals surface area contributed by atoms with E-state index in [1.807, 2.05) is 0 Å². The number of amidine groups is 1. The van der Waals surface area contributed by atoms with Crippen molar-refractivity contribution in [1.82, 2.24) is 33.8 Å². The van der Waals surface area contributed by atoms with Crippen LogP contribution in [0.1, 0.15) is 57.1 Å². The van der Waals surface area contributed by atoms with Crippen molar-refractivity contribution in [2.75, 3.05) is 25.0 Å². The molecule has 240 valence electrons. The number of rotatable bonds is 10. The number of nitrogens with zero attached hydrogens (tertiary/aromatic N) is 8. The van der Waals surface area contributed by atoms with Crippen LogP contribution in [0.15, 0.2) is 48.1 Å². The molecule has 0 spiro atoms. The zero-order valence-corrected chi connectivity index (χ0v) is 25.8. The molecule has 15 heteroatoms. The number of likely N-dealkylation sites (tertiary alicyclic amines) is 1. The Hall–Kier alpha value is -3.56. The second-order valence-corrected chi connectivity index (χ2v) is 14.8. The molecule has 7 rings (SSSR count). The average molecular weight is 641 g/mol. The van der Waals surface area contributed by atoms with E-state index in [4.69, 9.17) is 5.73 Å². The number of hydrogen-bond donors (Lipinski definition) is 2. The Bertz CT molecular complexity index is 1700. The van der Waals surface area contributed by atoms with Gasteiger partial charge in [-0.05, 0) is 82.0 Å². The van der Waals surface area contributed by atoms with E-state index in [1.54, 1.807) is 30.7 Å². The van der Waals surface area contributed by atoms with E-state index in [2.05, 4.69) is 35.4 Å². The van der Waals surface area contributed by atoms with Crippen molar-refractivity contribution in [3.05, 3.63) is 48.8 Å². The predicted molar refractivity (Wildman–Crippen MR) is 166 cm³/mol. The Morgan fingerprint density at radius 2 is 1.91 bits per heavy atom. The number of aliphatic imine (C=N–C) groups is 1. The monoisotopic (exact) mass is 640 g/mol. The van der Waals surface area contributed by atoms with Gasteiger partial charge < -0.3 is 16.0 Å². The third-order valence-corrected chi connectivity index (χ3v) is 11.6. The minimum atomic E-state index is -3.50. The standard InChI is InChI=1S/C30H38F2N10O2S/c31-26(32)19-41-13-9-25(39-41)24-16-35-28(14-30(24,33)22-4-2-20(3-5-22)17-40-11-1-12-40)37-27-8-10-34-29(38-27)21-15-36-42(18-21)45(43,44)23-6-7-23/h8-10,13,15-16,18,20,22-23,26H,1-7,11-12,14,17,19,33H2,(H,34,35,37,38). The van der Waals surface area contributed by atoms with Crippen LogP contribution in [0.5, 0.6) is 0 Å². The van der Waals surface area contributed by atoms with E-state index in [9.17, 15) is 17.2 Å². The molecule has 3 N–H and O–H groups in total. The summed E-state index contributed by atoms with van der Waals surface area (Å²) in [7, 11) is -3.50. The SMILES string of the molecule is NC1(C2CCC(CN3CCC3)CC2)CC(Nc2ccnc(-c3cnn(S(=O)(=O)C4CC4)c3)n2)=NC=C1c1ccn(CC(F)F)n1. The first-order valence-electron chi connectivity index (χ1n) is 15.7. The van der Waals surface area contributed by atoms with Gasteiger partial charge >= 0.3 is 0 Å². The molecule has 45 heavy (non-hydrogen) atoms. The first-order chi connectivity index (χ1) is 21.7. The Morgan fingerprint density at radius 3 is 2.62 bits per heavy atom. The minimum Gasteiger partial charge on any atom is -0.328 e. The number of hydrogen-bond acceptors (Lipinski definition) is 10. The molecule has 0 bridgehead atoms. The molecule has 1 unspecified atom stereocenters. The molecule has 0 radical (unpaired) electrons. The Balaban J connectivity index is 1.12. The van der Waals surface area contributed by atoms with Crippen LogP contribution in [0.2, 0.25) is 0 Å². The molecule has 5 heterocycles. The molecular formula is C30H38F2N10O2S. The normalized spacial score (nSPS) is 26.0. The summed E-state index contributed by atoms with van der Waals surface area (Å²) in [5, 5.41) is 11.4. The van der Waals surface area contributed by atoms with Gasteiger partial charge in [0, 0.05) is 37.1 Å². The molecule has 4 aliphatic rings. The van der Waals surface area contributed by atoms with E-state index < -0.39 is 28.5 Å². The van der Waals surface area contributed by atoms with Gasteiger partial charge in [-0.1, -0.05) is 0 Å². The molecule has 2 aliphatic carbocycles. The maximum Gasteiger partial charge on any atom is 0.257 e. The van der Waals surface area contributed by atoms with E-state index in [0.717, 1.165) is 41.9 Å². The van der Waals surface area contributed by atoms with Gasteiger partial charge in [0.15, 0.2) is 5.82 Å². The van der Waals surface area contributed by atoms with Crippen molar-refractivity contribution in [2.24, 2.45) is 22.6 Å². The van der Waals surface area contributed by atoms with Gasteiger partial charge in [0.25, 0.3) is 16.4 Å². The van der Waals surface area contributed by atoms with Crippen molar-refractivity contribution in [1.29, 1.82) is 0 Å². The molecule has 1 saturated heterocycles. The van der Waals surface area contributed by atoms with Crippen molar-refractivity contribution in [2.45, 2.75) is 75.1 Å². The Labute approximate surface area is 260 Å². The lowest BCUT2D eigenvalue weighted by molar-refractivity contribution is 0.117. The third kappa shape index (κ3) is 6.29. The van der Waals surface area contributed by atoms with Crippen LogP contribution in [0, 0.1) is 11.8 Å². The summed E-state index contributed by atoms with van der Waals surface area (Å²) < 4.78 is 53.6. The largest absolute Gasteiger partial charge is 0.328 e. The highest BCUT2D eigenvalue weighted by molar-refractivity contribution is 7.90. The van der Waals surface area contributed by atoms with Crippen molar-refractivity contribution < 1.29 is 17.2 Å². The van der Waals surface area contributed by atoms with E-state index in [0.29, 0.717) is 53.9 Å². The number of halogens is 2. The lowest BCUT2D eigenvalue weighted by atomic mass is 9.66. The topological polar surface area (TPSA) is 149 Å². The third-order valence-electron chi connectivity index (χ3n) is 9.55. The van der Waals surface area contributed by atoms with Crippen LogP contribution in [0.3, 0.4) is 0 Å². The maximum atomic E-state index is 13.1. The number of anilines is 1. The van der Waals surface area contributed by atoms with Gasteiger partial charge in [-0.15, -0.1) is 0 Å². The molecular weight excluding hydrogens is 602 g/mol. The average Bonchev–Trinajstić information content (AvgIpc) is 3.57. The van der Waals surface area contributed by atoms with Crippen molar-refractivity contribution in [3.8, 4) is 11.4 Å². The molecule has 12 nitrogen and oxygen atoms in total. The first kappa shape index (κ1) is 30.1. The molecule has 0 aromatic carbocycles. The van der Waals surface area contributed by atoms with Crippen molar-refractivity contribution >= 4 is 27.2 Å². The fraction of sp³-hybridized carbons (Fsp3) is 0.567. The predicted octanol–water partition coefficient (Wildman–Crippen LogP) is 3.61. The first-order valence-corrected chi connectivity index (χ1v) is 17.2. The molecule has 0 amide bonds. The lowest BCUT2D eigenvalue weighted by Crippen LogP contribution is -2.53. The number of nitrogens with two attached hydrogens (primary N) is 1. The van der Waals surface area contributed by atoms with Crippen LogP contribution in [0.25, 0.3) is 17.0 Å². The van der Waals surface area contributed by atoms with Gasteiger partial charge in [-0.3, -0.25) is 4.68 Å². The summed E-state index contributed by atoms with van der Waals surface area (Å²) >= 11 is 0. The van der Waals surface area contributed by atoms with E-state index in [-0.39, 0.29) is 11.2 Å². The highest BCUT2D eigenvalue weighted by Gasteiger charge is 2.44. The van der Waals surface area contributed by atoms with Crippen LogP contribution in [0.4, 0.5) is 14.6 Å². The van der Waals surface area contributed by atoms with E-state index >= 15 is 0 Å². The van der Waals surface area contributed by atoms with Crippen molar-refractivity contribution in [3.63, 3.8) is 0 Å². The summed E-state index contributed by atoms with van der Waals surface area (Å²) in [5.74, 6) is 2.24. The number of aromatic nitrogens is 6. The second-order valence-electron chi connectivity index (χ2n) is 12.8. The van der Waals surface area contributed by atoms with Gasteiger partial charge in [-0.25, -0.2) is 32.2 Å². The summed E-state index contributed by atoms with van der Waals surface area (Å²) in [4.78, 5) is 16.1. The fourth-order valence-corrected chi connectivity index (χ4v) is 8.23. The van der Waals surface area contributed by atoms with Gasteiger partial charge in [0.2, 0.25) is 0 Å². The van der Waals surface area contributed by atoms with Gasteiger partial charge in [0.05, 0.1) is 34.4 Å². The van der Waals surface area contributed by atoms with Crippen LogP contribution in [-0.4, -0.2) is 84.9 Å². The zero-order valence-electron chi connectivity index (χ0n) is 25.0. The van der Waals surface area contributed by atoms with Crippen LogP contribution < -0.4 is 11.1 Å². The molecule has 3 aromatic rings. The quantitative estimate of drug-likeness (QED) is 0.339. The number of alkyl halides is 2. The highest BCUT2D eigenvalue weighted by Crippen LogP contribution is 2.44. The Kier molecular flexibility index (Phi) is 8.02. The molecule has 3 fully saturated rings. The summed E-state index contributed by atoms with van der Waals surface area (Å²) in [5.41, 5.74) is 8.33. The van der Waals surface area contributed by atoms with Gasteiger partial charge in [0.1, 0.15) is 18.2 Å². The van der Waals surface area contributed by atoms with E-state index in [1.165, 1.54) is 36.6 Å². The van der Waals surface area contributed by atoms with Crippen LogP contribution in [-0.2, 0) is 16.6 Å². The molecule has 2 saturated carbocycles. The maximum absolute atomic E-state index is 13.1. The summed E-state index contributed by atoms with van der Waals surface area (Å²) in [6.45, 7) is 3.03. The van der Waals surface area contributed by atoms with Crippen LogP contribution >= 0.6 is 0 Å². The zero-order chi connectivity index (χ0) is 31.2. The smallest absolute Gasteiger partial charge is 0.257 e. The fourth-order valence-electron chi connectivity index (χ4n) is 6.76.